The third-order valence-corrected chi connectivity index (χ3v) is 6.43. The lowest BCUT2D eigenvalue weighted by Crippen LogP contribution is -2.20. The Hall–Kier alpha value is -2.90. The Kier molecular flexibility index (Phi) is 7.53. The third kappa shape index (κ3) is 5.66. The summed E-state index contributed by atoms with van der Waals surface area (Å²) < 4.78 is 38.3. The summed E-state index contributed by atoms with van der Waals surface area (Å²) >= 11 is 0. The standard InChI is InChI=1S/C25H29NO5S/c1-4-7-20(17(2)3)18-12-14-19(15-13-18)31-16-25(27)26-23-10-5-9-22-21(23)8-6-11-24(22)32(28,29)30/h5-6,8-15,17,20H,4,7,16H2,1-3H3,(H,26,27)(H,28,29,30). The van der Waals surface area contributed by atoms with E-state index in [9.17, 15) is 17.8 Å². The van der Waals surface area contributed by atoms with Gasteiger partial charge in [0, 0.05) is 16.5 Å². The molecule has 0 aromatic heterocycles. The van der Waals surface area contributed by atoms with Gasteiger partial charge in [-0.2, -0.15) is 8.42 Å². The van der Waals surface area contributed by atoms with Crippen LogP contribution in [0.1, 0.15) is 45.1 Å². The number of nitrogens with one attached hydrogen (secondary N) is 1. The normalized spacial score (nSPS) is 12.7. The SMILES string of the molecule is CCCC(c1ccc(OCC(=O)Nc2cccc3c(S(=O)(=O)O)cccc23)cc1)C(C)C. The fourth-order valence-corrected chi connectivity index (χ4v) is 4.66. The molecular formula is C25H29NO5S. The molecule has 1 unspecified atom stereocenters. The quantitative estimate of drug-likeness (QED) is 0.407. The van der Waals surface area contributed by atoms with Gasteiger partial charge in [-0.15, -0.1) is 0 Å². The second kappa shape index (κ2) is 10.1. The number of hydrogen-bond donors (Lipinski definition) is 2. The Morgan fingerprint density at radius 1 is 1.00 bits per heavy atom. The van der Waals surface area contributed by atoms with Crippen molar-refractivity contribution in [2.75, 3.05) is 11.9 Å². The van der Waals surface area contributed by atoms with Gasteiger partial charge in [0.25, 0.3) is 16.0 Å². The van der Waals surface area contributed by atoms with Crippen LogP contribution in [0.3, 0.4) is 0 Å². The van der Waals surface area contributed by atoms with E-state index in [-0.39, 0.29) is 17.4 Å². The number of anilines is 1. The Morgan fingerprint density at radius 2 is 1.66 bits per heavy atom. The van der Waals surface area contributed by atoms with Crippen molar-refractivity contribution in [3.63, 3.8) is 0 Å². The Balaban J connectivity index is 1.69. The minimum absolute atomic E-state index is 0.184. The van der Waals surface area contributed by atoms with Crippen molar-refractivity contribution in [2.24, 2.45) is 5.92 Å². The Morgan fingerprint density at radius 3 is 2.28 bits per heavy atom. The molecule has 0 aliphatic rings. The van der Waals surface area contributed by atoms with Crippen LogP contribution in [0, 0.1) is 5.92 Å². The molecular weight excluding hydrogens is 426 g/mol. The largest absolute Gasteiger partial charge is 0.484 e. The molecule has 0 aliphatic heterocycles. The topological polar surface area (TPSA) is 92.7 Å². The summed E-state index contributed by atoms with van der Waals surface area (Å²) in [5, 5.41) is 3.59. The van der Waals surface area contributed by atoms with Crippen molar-refractivity contribution >= 4 is 32.5 Å². The average Bonchev–Trinajstić information content (AvgIpc) is 2.75. The van der Waals surface area contributed by atoms with Gasteiger partial charge in [-0.3, -0.25) is 9.35 Å². The fraction of sp³-hybridized carbons (Fsp3) is 0.320. The van der Waals surface area contributed by atoms with Crippen LogP contribution in [0.4, 0.5) is 5.69 Å². The van der Waals surface area contributed by atoms with Crippen LogP contribution in [0.2, 0.25) is 0 Å². The number of amides is 1. The van der Waals surface area contributed by atoms with Gasteiger partial charge in [-0.05, 0) is 48.1 Å². The van der Waals surface area contributed by atoms with Gasteiger partial charge in [0.15, 0.2) is 6.61 Å². The first kappa shape index (κ1) is 23.8. The first-order valence-electron chi connectivity index (χ1n) is 10.7. The molecule has 0 spiro atoms. The summed E-state index contributed by atoms with van der Waals surface area (Å²) in [6.07, 6.45) is 2.26. The van der Waals surface area contributed by atoms with Gasteiger partial charge in [0.05, 0.1) is 0 Å². The molecule has 0 saturated carbocycles. The lowest BCUT2D eigenvalue weighted by molar-refractivity contribution is -0.118. The van der Waals surface area contributed by atoms with Gasteiger partial charge in [0.1, 0.15) is 10.6 Å². The average molecular weight is 456 g/mol. The molecule has 170 valence electrons. The molecule has 3 aromatic rings. The van der Waals surface area contributed by atoms with E-state index in [1.165, 1.54) is 17.7 Å². The molecule has 0 heterocycles. The molecule has 3 rings (SSSR count). The molecule has 1 atom stereocenters. The number of hydrogen-bond acceptors (Lipinski definition) is 4. The zero-order valence-electron chi connectivity index (χ0n) is 18.5. The minimum Gasteiger partial charge on any atom is -0.484 e. The van der Waals surface area contributed by atoms with Crippen molar-refractivity contribution in [1.82, 2.24) is 0 Å². The lowest BCUT2D eigenvalue weighted by atomic mass is 9.85. The molecule has 3 aromatic carbocycles. The van der Waals surface area contributed by atoms with Crippen molar-refractivity contribution in [1.29, 1.82) is 0 Å². The van der Waals surface area contributed by atoms with E-state index in [0.717, 1.165) is 12.8 Å². The lowest BCUT2D eigenvalue weighted by Gasteiger charge is -2.21. The summed E-state index contributed by atoms with van der Waals surface area (Å²) in [6.45, 7) is 6.45. The van der Waals surface area contributed by atoms with E-state index in [1.807, 2.05) is 12.1 Å². The number of rotatable bonds is 9. The van der Waals surface area contributed by atoms with Crippen molar-refractivity contribution in [3.05, 3.63) is 66.2 Å². The zero-order valence-corrected chi connectivity index (χ0v) is 19.4. The summed E-state index contributed by atoms with van der Waals surface area (Å²) in [5.74, 6) is 1.28. The van der Waals surface area contributed by atoms with E-state index in [1.54, 1.807) is 24.3 Å². The fourth-order valence-electron chi connectivity index (χ4n) is 3.96. The van der Waals surface area contributed by atoms with Gasteiger partial charge in [-0.25, -0.2) is 0 Å². The number of benzene rings is 3. The van der Waals surface area contributed by atoms with Gasteiger partial charge >= 0.3 is 0 Å². The highest BCUT2D eigenvalue weighted by Gasteiger charge is 2.17. The van der Waals surface area contributed by atoms with Crippen molar-refractivity contribution in [3.8, 4) is 5.75 Å². The molecule has 0 bridgehead atoms. The summed E-state index contributed by atoms with van der Waals surface area (Å²) in [4.78, 5) is 12.3. The van der Waals surface area contributed by atoms with E-state index in [2.05, 4.69) is 38.2 Å². The number of carbonyl (C=O) groups is 1. The monoisotopic (exact) mass is 455 g/mol. The van der Waals surface area contributed by atoms with Crippen LogP contribution in [0.15, 0.2) is 65.6 Å². The molecule has 1 amide bonds. The molecule has 32 heavy (non-hydrogen) atoms. The number of carbonyl (C=O) groups excluding carboxylic acids is 1. The maximum atomic E-state index is 12.5. The second-order valence-corrected chi connectivity index (χ2v) is 9.57. The van der Waals surface area contributed by atoms with Crippen LogP contribution in [-0.4, -0.2) is 25.5 Å². The molecule has 0 saturated heterocycles. The Bertz CT molecular complexity index is 1190. The van der Waals surface area contributed by atoms with E-state index >= 15 is 0 Å². The molecule has 0 radical (unpaired) electrons. The maximum absolute atomic E-state index is 12.5. The zero-order chi connectivity index (χ0) is 23.3. The van der Waals surface area contributed by atoms with Crippen LogP contribution in [-0.2, 0) is 14.9 Å². The van der Waals surface area contributed by atoms with Crippen LogP contribution < -0.4 is 10.1 Å². The highest BCUT2D eigenvalue weighted by Crippen LogP contribution is 2.31. The van der Waals surface area contributed by atoms with Crippen molar-refractivity contribution < 1.29 is 22.5 Å². The summed E-state index contributed by atoms with van der Waals surface area (Å²) in [5.41, 5.74) is 1.71. The van der Waals surface area contributed by atoms with Gasteiger partial charge < -0.3 is 10.1 Å². The van der Waals surface area contributed by atoms with Crippen molar-refractivity contribution in [2.45, 2.75) is 44.4 Å². The highest BCUT2D eigenvalue weighted by molar-refractivity contribution is 7.86. The third-order valence-electron chi connectivity index (χ3n) is 5.52. The molecule has 0 aliphatic carbocycles. The first-order valence-corrected chi connectivity index (χ1v) is 12.2. The van der Waals surface area contributed by atoms with Crippen LogP contribution in [0.25, 0.3) is 10.8 Å². The smallest absolute Gasteiger partial charge is 0.295 e. The van der Waals surface area contributed by atoms with Gasteiger partial charge in [0.2, 0.25) is 0 Å². The first-order chi connectivity index (χ1) is 15.2. The minimum atomic E-state index is -4.38. The summed E-state index contributed by atoms with van der Waals surface area (Å²) in [7, 11) is -4.38. The van der Waals surface area contributed by atoms with E-state index in [4.69, 9.17) is 4.74 Å². The predicted octanol–water partition coefficient (Wildman–Crippen LogP) is 5.64. The molecule has 0 fully saturated rings. The van der Waals surface area contributed by atoms with Crippen LogP contribution in [0.5, 0.6) is 5.75 Å². The summed E-state index contributed by atoms with van der Waals surface area (Å²) in [6, 6.07) is 17.2. The number of ether oxygens (including phenoxy) is 1. The molecule has 2 N–H and O–H groups in total. The Labute approximate surface area is 189 Å². The highest BCUT2D eigenvalue weighted by atomic mass is 32.2. The maximum Gasteiger partial charge on any atom is 0.295 e. The van der Waals surface area contributed by atoms with Crippen LogP contribution >= 0.6 is 0 Å². The number of fused-ring (bicyclic) bond motifs is 1. The van der Waals surface area contributed by atoms with E-state index in [0.29, 0.717) is 34.0 Å². The van der Waals surface area contributed by atoms with E-state index < -0.39 is 10.1 Å². The predicted molar refractivity (Wildman–Crippen MR) is 127 cm³/mol. The van der Waals surface area contributed by atoms with Gasteiger partial charge in [-0.1, -0.05) is 63.6 Å². The molecule has 6 nitrogen and oxygen atoms in total. The molecule has 7 heteroatoms. The second-order valence-electron chi connectivity index (χ2n) is 8.18.